The molecule has 2 aromatic carbocycles. The van der Waals surface area contributed by atoms with Gasteiger partial charge < -0.3 is 5.32 Å². The van der Waals surface area contributed by atoms with Crippen molar-refractivity contribution in [1.29, 1.82) is 0 Å². The molecule has 1 aliphatic rings. The molecule has 0 saturated heterocycles. The summed E-state index contributed by atoms with van der Waals surface area (Å²) in [6.07, 6.45) is 1.14. The summed E-state index contributed by atoms with van der Waals surface area (Å²) in [5.74, 6) is 0.596. The number of fused-ring (bicyclic) bond motifs is 1. The van der Waals surface area contributed by atoms with Gasteiger partial charge in [0.1, 0.15) is 0 Å². The summed E-state index contributed by atoms with van der Waals surface area (Å²) in [7, 11) is 0. The number of para-hydroxylation sites is 1. The highest BCUT2D eigenvalue weighted by atomic mass is 14.9. The molecule has 0 aromatic heterocycles. The fourth-order valence-electron chi connectivity index (χ4n) is 2.70. The van der Waals surface area contributed by atoms with Gasteiger partial charge in [-0.05, 0) is 48.6 Å². The summed E-state index contributed by atoms with van der Waals surface area (Å²) >= 11 is 0. The molecule has 1 heterocycles. The summed E-state index contributed by atoms with van der Waals surface area (Å²) in [5, 5.41) is 3.55. The third kappa shape index (κ3) is 2.01. The van der Waals surface area contributed by atoms with Crippen LogP contribution < -0.4 is 5.32 Å². The molecule has 0 bridgehead atoms. The van der Waals surface area contributed by atoms with E-state index in [1.807, 2.05) is 0 Å². The molecule has 0 amide bonds. The SMILES string of the molecule is Cc1ccc(C2CNc3ccccc3C2)cc1C. The van der Waals surface area contributed by atoms with Gasteiger partial charge in [-0.1, -0.05) is 36.4 Å². The first-order valence-electron chi connectivity index (χ1n) is 6.63. The van der Waals surface area contributed by atoms with E-state index in [4.69, 9.17) is 0 Å². The Morgan fingerprint density at radius 1 is 1.00 bits per heavy atom. The maximum absolute atomic E-state index is 3.55. The van der Waals surface area contributed by atoms with E-state index in [1.165, 1.54) is 27.9 Å². The molecule has 3 rings (SSSR count). The van der Waals surface area contributed by atoms with Gasteiger partial charge in [0.05, 0.1) is 0 Å². The third-order valence-electron chi connectivity index (χ3n) is 4.02. The van der Waals surface area contributed by atoms with Crippen molar-refractivity contribution in [3.05, 3.63) is 64.7 Å². The van der Waals surface area contributed by atoms with Crippen LogP contribution in [0, 0.1) is 13.8 Å². The summed E-state index contributed by atoms with van der Waals surface area (Å²) in [6, 6.07) is 15.5. The molecule has 1 aliphatic heterocycles. The zero-order valence-corrected chi connectivity index (χ0v) is 11.0. The second-order valence-electron chi connectivity index (χ2n) is 5.28. The standard InChI is InChI=1S/C17H19N/c1-12-7-8-14(9-13(12)2)16-10-15-5-3-4-6-17(15)18-11-16/h3-9,16,18H,10-11H2,1-2H3. The monoisotopic (exact) mass is 237 g/mol. The van der Waals surface area contributed by atoms with Crippen molar-refractivity contribution in [2.75, 3.05) is 11.9 Å². The van der Waals surface area contributed by atoms with Crippen LogP contribution in [0.5, 0.6) is 0 Å². The highest BCUT2D eigenvalue weighted by molar-refractivity contribution is 5.54. The van der Waals surface area contributed by atoms with Crippen molar-refractivity contribution in [2.45, 2.75) is 26.2 Å². The van der Waals surface area contributed by atoms with Gasteiger partial charge in [0.15, 0.2) is 0 Å². The Hall–Kier alpha value is -1.76. The largest absolute Gasteiger partial charge is 0.384 e. The molecule has 1 atom stereocenters. The molecule has 0 saturated carbocycles. The van der Waals surface area contributed by atoms with Crippen molar-refractivity contribution in [1.82, 2.24) is 0 Å². The van der Waals surface area contributed by atoms with Crippen LogP contribution in [0.3, 0.4) is 0 Å². The van der Waals surface area contributed by atoms with Crippen LogP contribution in [-0.4, -0.2) is 6.54 Å². The van der Waals surface area contributed by atoms with Gasteiger partial charge in [-0.25, -0.2) is 0 Å². The maximum atomic E-state index is 3.55. The molecule has 92 valence electrons. The summed E-state index contributed by atoms with van der Waals surface area (Å²) in [4.78, 5) is 0. The average Bonchev–Trinajstić information content (AvgIpc) is 2.41. The first-order valence-corrected chi connectivity index (χ1v) is 6.63. The Balaban J connectivity index is 1.89. The van der Waals surface area contributed by atoms with E-state index in [9.17, 15) is 0 Å². The van der Waals surface area contributed by atoms with Crippen LogP contribution in [0.25, 0.3) is 0 Å². The zero-order chi connectivity index (χ0) is 12.5. The number of hydrogen-bond donors (Lipinski definition) is 1. The minimum Gasteiger partial charge on any atom is -0.384 e. The number of aryl methyl sites for hydroxylation is 2. The second kappa shape index (κ2) is 4.49. The minimum absolute atomic E-state index is 0.596. The lowest BCUT2D eigenvalue weighted by atomic mass is 9.87. The van der Waals surface area contributed by atoms with Crippen LogP contribution >= 0.6 is 0 Å². The normalized spacial score (nSPS) is 18.0. The Morgan fingerprint density at radius 2 is 1.83 bits per heavy atom. The van der Waals surface area contributed by atoms with Gasteiger partial charge >= 0.3 is 0 Å². The smallest absolute Gasteiger partial charge is 0.0373 e. The number of nitrogens with one attached hydrogen (secondary N) is 1. The van der Waals surface area contributed by atoms with Crippen LogP contribution in [0.15, 0.2) is 42.5 Å². The fraction of sp³-hybridized carbons (Fsp3) is 0.294. The Kier molecular flexibility index (Phi) is 2.83. The second-order valence-corrected chi connectivity index (χ2v) is 5.28. The van der Waals surface area contributed by atoms with Gasteiger partial charge in [0, 0.05) is 18.2 Å². The van der Waals surface area contributed by atoms with Crippen molar-refractivity contribution in [3.8, 4) is 0 Å². The van der Waals surface area contributed by atoms with Crippen molar-refractivity contribution in [3.63, 3.8) is 0 Å². The maximum Gasteiger partial charge on any atom is 0.0373 e. The first kappa shape index (κ1) is 11.3. The molecule has 18 heavy (non-hydrogen) atoms. The van der Waals surface area contributed by atoms with E-state index < -0.39 is 0 Å². The van der Waals surface area contributed by atoms with Crippen LogP contribution in [0.4, 0.5) is 5.69 Å². The molecular weight excluding hydrogens is 218 g/mol. The number of hydrogen-bond acceptors (Lipinski definition) is 1. The van der Waals surface area contributed by atoms with Gasteiger partial charge in [-0.15, -0.1) is 0 Å². The topological polar surface area (TPSA) is 12.0 Å². The highest BCUT2D eigenvalue weighted by Crippen LogP contribution is 2.30. The summed E-state index contributed by atoms with van der Waals surface area (Å²) in [5.41, 5.74) is 6.97. The van der Waals surface area contributed by atoms with Crippen molar-refractivity contribution >= 4 is 5.69 Å². The van der Waals surface area contributed by atoms with E-state index in [0.29, 0.717) is 5.92 Å². The molecular formula is C17H19N. The van der Waals surface area contributed by atoms with Gasteiger partial charge in [0.2, 0.25) is 0 Å². The van der Waals surface area contributed by atoms with Gasteiger partial charge in [0.25, 0.3) is 0 Å². The van der Waals surface area contributed by atoms with Crippen molar-refractivity contribution < 1.29 is 0 Å². The first-order chi connectivity index (χ1) is 8.74. The molecule has 0 aliphatic carbocycles. The van der Waals surface area contributed by atoms with Crippen LogP contribution in [-0.2, 0) is 6.42 Å². The lowest BCUT2D eigenvalue weighted by Crippen LogP contribution is -2.21. The lowest BCUT2D eigenvalue weighted by Gasteiger charge is -2.26. The van der Waals surface area contributed by atoms with Crippen molar-refractivity contribution in [2.24, 2.45) is 0 Å². The Bertz CT molecular complexity index is 572. The summed E-state index contributed by atoms with van der Waals surface area (Å²) in [6.45, 7) is 5.41. The van der Waals surface area contributed by atoms with Gasteiger partial charge in [-0.2, -0.15) is 0 Å². The van der Waals surface area contributed by atoms with Gasteiger partial charge in [-0.3, -0.25) is 0 Å². The predicted octanol–water partition coefficient (Wildman–Crippen LogP) is 4.06. The molecule has 1 unspecified atom stereocenters. The molecule has 2 aromatic rings. The summed E-state index contributed by atoms with van der Waals surface area (Å²) < 4.78 is 0. The number of benzene rings is 2. The molecule has 1 N–H and O–H groups in total. The zero-order valence-electron chi connectivity index (χ0n) is 11.0. The number of rotatable bonds is 1. The Labute approximate surface area is 109 Å². The molecule has 0 radical (unpaired) electrons. The third-order valence-corrected chi connectivity index (χ3v) is 4.02. The quantitative estimate of drug-likeness (QED) is 0.788. The Morgan fingerprint density at radius 3 is 2.67 bits per heavy atom. The highest BCUT2D eigenvalue weighted by Gasteiger charge is 2.19. The molecule has 1 heteroatoms. The van der Waals surface area contributed by atoms with Crippen LogP contribution in [0.1, 0.15) is 28.2 Å². The van der Waals surface area contributed by atoms with Crippen LogP contribution in [0.2, 0.25) is 0 Å². The average molecular weight is 237 g/mol. The predicted molar refractivity (Wildman–Crippen MR) is 77.3 cm³/mol. The lowest BCUT2D eigenvalue weighted by molar-refractivity contribution is 0.694. The molecule has 0 spiro atoms. The molecule has 1 nitrogen and oxygen atoms in total. The molecule has 0 fully saturated rings. The van der Waals surface area contributed by atoms with E-state index in [-0.39, 0.29) is 0 Å². The van der Waals surface area contributed by atoms with E-state index in [0.717, 1.165) is 13.0 Å². The fourth-order valence-corrected chi connectivity index (χ4v) is 2.70. The number of anilines is 1. The van der Waals surface area contributed by atoms with E-state index in [1.54, 1.807) is 0 Å². The minimum atomic E-state index is 0.596. The van der Waals surface area contributed by atoms with E-state index in [2.05, 4.69) is 61.6 Å². The van der Waals surface area contributed by atoms with E-state index >= 15 is 0 Å².